The fourth-order valence-corrected chi connectivity index (χ4v) is 2.81. The quantitative estimate of drug-likeness (QED) is 0.797. The zero-order chi connectivity index (χ0) is 12.8. The fourth-order valence-electron chi connectivity index (χ4n) is 2.48. The summed E-state index contributed by atoms with van der Waals surface area (Å²) in [5, 5.41) is 0.584. The van der Waals surface area contributed by atoms with Gasteiger partial charge in [0.25, 0.3) is 0 Å². The number of hydrogen-bond donors (Lipinski definition) is 0. The zero-order valence-corrected chi connectivity index (χ0v) is 11.5. The summed E-state index contributed by atoms with van der Waals surface area (Å²) >= 11 is 11.9. The molecule has 1 fully saturated rings. The van der Waals surface area contributed by atoms with Gasteiger partial charge in [-0.2, -0.15) is 0 Å². The highest BCUT2D eigenvalue weighted by atomic mass is 35.5. The van der Waals surface area contributed by atoms with Gasteiger partial charge in [0.05, 0.1) is 23.0 Å². The summed E-state index contributed by atoms with van der Waals surface area (Å²) in [6, 6.07) is 1.82. The maximum atomic E-state index is 6.00. The average molecular weight is 286 g/mol. The van der Waals surface area contributed by atoms with Gasteiger partial charge in [-0.15, -0.1) is 11.6 Å². The number of halogens is 2. The van der Waals surface area contributed by atoms with E-state index in [1.165, 1.54) is 0 Å². The Labute approximate surface area is 115 Å². The zero-order valence-electron chi connectivity index (χ0n) is 9.99. The van der Waals surface area contributed by atoms with Gasteiger partial charge >= 0.3 is 0 Å². The third kappa shape index (κ3) is 1.79. The first kappa shape index (κ1) is 12.2. The van der Waals surface area contributed by atoms with E-state index in [9.17, 15) is 0 Å². The molecule has 0 aromatic carbocycles. The summed E-state index contributed by atoms with van der Waals surface area (Å²) in [6.45, 7) is 3.56. The van der Waals surface area contributed by atoms with Crippen LogP contribution >= 0.6 is 23.2 Å². The van der Waals surface area contributed by atoms with Crippen LogP contribution in [0.5, 0.6) is 0 Å². The Morgan fingerprint density at radius 3 is 3.06 bits per heavy atom. The average Bonchev–Trinajstić information content (AvgIpc) is 2.92. The SMILES string of the molecule is CC1(n2c(CCl)nc3cc(Cl)cnc32)CCOC1. The summed E-state index contributed by atoms with van der Waals surface area (Å²) in [5.41, 5.74) is 1.48. The van der Waals surface area contributed by atoms with Gasteiger partial charge in [-0.3, -0.25) is 0 Å². The first-order chi connectivity index (χ1) is 8.64. The minimum Gasteiger partial charge on any atom is -0.379 e. The highest BCUT2D eigenvalue weighted by Crippen LogP contribution is 2.32. The molecule has 0 N–H and O–H groups in total. The number of fused-ring (bicyclic) bond motifs is 1. The molecule has 0 amide bonds. The Kier molecular flexibility index (Phi) is 2.96. The standard InChI is InChI=1S/C12H13Cl2N3O/c1-12(2-3-18-7-12)17-10(5-13)16-9-4-8(14)6-15-11(9)17/h4,6H,2-3,5,7H2,1H3. The summed E-state index contributed by atoms with van der Waals surface area (Å²) in [5.74, 6) is 1.17. The van der Waals surface area contributed by atoms with Gasteiger partial charge in [-0.1, -0.05) is 11.6 Å². The predicted octanol–water partition coefficient (Wildman–Crippen LogP) is 2.96. The first-order valence-corrected chi connectivity index (χ1v) is 6.72. The lowest BCUT2D eigenvalue weighted by atomic mass is 10.0. The predicted molar refractivity (Wildman–Crippen MR) is 71.2 cm³/mol. The van der Waals surface area contributed by atoms with E-state index >= 15 is 0 Å². The van der Waals surface area contributed by atoms with Crippen LogP contribution in [0, 0.1) is 0 Å². The van der Waals surface area contributed by atoms with Crippen molar-refractivity contribution < 1.29 is 4.74 Å². The molecule has 4 nitrogen and oxygen atoms in total. The van der Waals surface area contributed by atoms with E-state index in [-0.39, 0.29) is 5.54 Å². The maximum Gasteiger partial charge on any atom is 0.160 e. The number of nitrogens with zero attached hydrogens (tertiary/aromatic N) is 3. The van der Waals surface area contributed by atoms with E-state index in [0.29, 0.717) is 17.5 Å². The lowest BCUT2D eigenvalue weighted by molar-refractivity contribution is 0.162. The third-order valence-corrected chi connectivity index (χ3v) is 3.84. The van der Waals surface area contributed by atoms with Crippen LogP contribution in [0.3, 0.4) is 0 Å². The molecule has 0 spiro atoms. The van der Waals surface area contributed by atoms with E-state index in [0.717, 1.165) is 30.0 Å². The van der Waals surface area contributed by atoms with Crippen molar-refractivity contribution in [2.75, 3.05) is 13.2 Å². The van der Waals surface area contributed by atoms with Gasteiger partial charge in [0.2, 0.25) is 0 Å². The minimum atomic E-state index is -0.125. The Morgan fingerprint density at radius 1 is 1.56 bits per heavy atom. The van der Waals surface area contributed by atoms with Gasteiger partial charge in [0.1, 0.15) is 11.3 Å². The number of hydrogen-bond acceptors (Lipinski definition) is 3. The minimum absolute atomic E-state index is 0.125. The summed E-state index contributed by atoms with van der Waals surface area (Å²) in [6.07, 6.45) is 2.58. The Morgan fingerprint density at radius 2 is 2.39 bits per heavy atom. The Hall–Kier alpha value is -0.840. The summed E-state index contributed by atoms with van der Waals surface area (Å²) < 4.78 is 7.61. The number of imidazole rings is 1. The molecule has 2 aromatic rings. The second-order valence-electron chi connectivity index (χ2n) is 4.79. The molecule has 0 bridgehead atoms. The highest BCUT2D eigenvalue weighted by Gasteiger charge is 2.35. The molecular weight excluding hydrogens is 273 g/mol. The second-order valence-corrected chi connectivity index (χ2v) is 5.50. The molecule has 0 radical (unpaired) electrons. The molecule has 1 aliphatic rings. The third-order valence-electron chi connectivity index (χ3n) is 3.39. The number of pyridine rings is 1. The molecule has 3 rings (SSSR count). The van der Waals surface area contributed by atoms with E-state index in [2.05, 4.69) is 21.5 Å². The number of alkyl halides is 1. The highest BCUT2D eigenvalue weighted by molar-refractivity contribution is 6.31. The Balaban J connectivity index is 2.25. The van der Waals surface area contributed by atoms with Crippen LogP contribution in [-0.4, -0.2) is 27.7 Å². The topological polar surface area (TPSA) is 39.9 Å². The molecular formula is C12H13Cl2N3O. The van der Waals surface area contributed by atoms with Crippen molar-refractivity contribution in [1.29, 1.82) is 0 Å². The van der Waals surface area contributed by atoms with Crippen molar-refractivity contribution in [2.45, 2.75) is 24.8 Å². The molecule has 1 saturated heterocycles. The molecule has 1 atom stereocenters. The number of rotatable bonds is 2. The fraction of sp³-hybridized carbons (Fsp3) is 0.500. The molecule has 1 unspecified atom stereocenters. The Bertz CT molecular complexity index is 590. The van der Waals surface area contributed by atoms with Crippen LogP contribution in [-0.2, 0) is 16.2 Å². The molecule has 0 aliphatic carbocycles. The van der Waals surface area contributed by atoms with Crippen LogP contribution in [0.1, 0.15) is 19.2 Å². The second kappa shape index (κ2) is 4.37. The van der Waals surface area contributed by atoms with Gasteiger partial charge in [-0.05, 0) is 19.4 Å². The molecule has 1 aliphatic heterocycles. The number of aromatic nitrogens is 3. The van der Waals surface area contributed by atoms with E-state index < -0.39 is 0 Å². The smallest absolute Gasteiger partial charge is 0.160 e. The van der Waals surface area contributed by atoms with Crippen LogP contribution < -0.4 is 0 Å². The van der Waals surface area contributed by atoms with Crippen molar-refractivity contribution in [2.24, 2.45) is 0 Å². The van der Waals surface area contributed by atoms with Gasteiger partial charge in [-0.25, -0.2) is 9.97 Å². The maximum absolute atomic E-state index is 6.00. The number of ether oxygens (including phenoxy) is 1. The van der Waals surface area contributed by atoms with Crippen LogP contribution in [0.15, 0.2) is 12.3 Å². The van der Waals surface area contributed by atoms with Crippen molar-refractivity contribution in [1.82, 2.24) is 14.5 Å². The van der Waals surface area contributed by atoms with Gasteiger partial charge in [0, 0.05) is 12.8 Å². The summed E-state index contributed by atoms with van der Waals surface area (Å²) in [7, 11) is 0. The van der Waals surface area contributed by atoms with Crippen molar-refractivity contribution in [3.05, 3.63) is 23.1 Å². The molecule has 2 aromatic heterocycles. The van der Waals surface area contributed by atoms with E-state index in [1.807, 2.05) is 6.07 Å². The normalized spacial score (nSPS) is 23.9. The lowest BCUT2D eigenvalue weighted by Gasteiger charge is -2.26. The van der Waals surface area contributed by atoms with Crippen molar-refractivity contribution in [3.63, 3.8) is 0 Å². The lowest BCUT2D eigenvalue weighted by Crippen LogP contribution is -2.32. The van der Waals surface area contributed by atoms with Gasteiger partial charge < -0.3 is 9.30 Å². The van der Waals surface area contributed by atoms with Crippen LogP contribution in [0.2, 0.25) is 5.02 Å². The van der Waals surface area contributed by atoms with Crippen molar-refractivity contribution >= 4 is 34.4 Å². The molecule has 6 heteroatoms. The molecule has 96 valence electrons. The van der Waals surface area contributed by atoms with Crippen LogP contribution in [0.25, 0.3) is 11.2 Å². The van der Waals surface area contributed by atoms with Crippen molar-refractivity contribution in [3.8, 4) is 0 Å². The van der Waals surface area contributed by atoms with Gasteiger partial charge in [0.15, 0.2) is 5.65 Å². The monoisotopic (exact) mass is 285 g/mol. The molecule has 18 heavy (non-hydrogen) atoms. The molecule has 0 saturated carbocycles. The van der Waals surface area contributed by atoms with E-state index in [1.54, 1.807) is 6.20 Å². The molecule has 3 heterocycles. The summed E-state index contributed by atoms with van der Waals surface area (Å²) in [4.78, 5) is 8.90. The van der Waals surface area contributed by atoms with E-state index in [4.69, 9.17) is 27.9 Å². The first-order valence-electron chi connectivity index (χ1n) is 5.81. The largest absolute Gasteiger partial charge is 0.379 e. The van der Waals surface area contributed by atoms with Crippen LogP contribution in [0.4, 0.5) is 0 Å².